The topological polar surface area (TPSA) is 84.5 Å². The highest BCUT2D eigenvalue weighted by molar-refractivity contribution is 8.46. The van der Waals surface area contributed by atoms with Crippen LogP contribution in [-0.2, 0) is 0 Å². The Hall–Kier alpha value is -4.73. The first kappa shape index (κ1) is 56.6. The summed E-state index contributed by atoms with van der Waals surface area (Å²) < 4.78 is 298. The van der Waals surface area contributed by atoms with Gasteiger partial charge in [-0.2, -0.15) is 0 Å². The molecule has 57 heavy (non-hydrogen) atoms. The Balaban J connectivity index is -0.000000652. The van der Waals surface area contributed by atoms with Gasteiger partial charge in [0, 0.05) is 36.4 Å². The highest BCUT2D eigenvalue weighted by Gasteiger charge is 2.67. The molecule has 330 valence electrons. The van der Waals surface area contributed by atoms with Crippen LogP contribution in [0.4, 0.5) is 127 Å². The van der Waals surface area contributed by atoms with Gasteiger partial charge in [-0.3, -0.25) is 0 Å². The molecule has 0 spiro atoms. The van der Waals surface area contributed by atoms with Crippen molar-refractivity contribution in [1.82, 2.24) is 0 Å². The molecule has 0 fully saturated rings. The van der Waals surface area contributed by atoms with Crippen molar-refractivity contribution in [2.75, 3.05) is 0 Å². The van der Waals surface area contributed by atoms with Crippen LogP contribution < -0.4 is 0 Å². The van der Waals surface area contributed by atoms with Gasteiger partial charge >= 0.3 is 69.5 Å². The monoisotopic (exact) mass is 954 g/mol. The summed E-state index contributed by atoms with van der Waals surface area (Å²) in [5.41, 5.74) is -0.679. The first-order chi connectivity index (χ1) is 24.1. The molecule has 0 atom stereocenters. The van der Waals surface area contributed by atoms with E-state index in [4.69, 9.17) is 16.2 Å². The van der Waals surface area contributed by atoms with Gasteiger partial charge in [0.2, 0.25) is 16.2 Å². The number of hydrogen-bond acceptors (Lipinski definition) is 3. The lowest BCUT2D eigenvalue weighted by Crippen LogP contribution is -2.05. The summed E-state index contributed by atoms with van der Waals surface area (Å²) in [6.45, 7) is 0. The molecule has 6 nitrogen and oxygen atoms in total. The molecule has 0 bridgehead atoms. The smallest absolute Gasteiger partial charge is 0.418 e. The molecule has 0 aliphatic carbocycles. The molecule has 3 aromatic carbocycles. The van der Waals surface area contributed by atoms with Gasteiger partial charge < -0.3 is 51.8 Å². The number of rotatable bonds is 3. The molecule has 0 aliphatic heterocycles. The summed E-state index contributed by atoms with van der Waals surface area (Å²) >= 11 is 0. The van der Waals surface area contributed by atoms with Crippen LogP contribution in [0.1, 0.15) is 0 Å². The zero-order valence-electron chi connectivity index (χ0n) is 25.8. The average Bonchev–Trinajstić information content (AvgIpc) is 2.92. The van der Waals surface area contributed by atoms with Gasteiger partial charge in [-0.25, -0.2) is 0 Å². The van der Waals surface area contributed by atoms with Crippen molar-refractivity contribution in [3.63, 3.8) is 0 Å². The molecule has 0 unspecified atom stereocenters. The van der Waals surface area contributed by atoms with Crippen molar-refractivity contribution in [2.45, 2.75) is 14.7 Å². The summed E-state index contributed by atoms with van der Waals surface area (Å²) in [6, 6.07) is 4.94. The summed E-state index contributed by atoms with van der Waals surface area (Å²) in [7, 11) is -46.8. The molecule has 39 heteroatoms. The molecular weight excluding hydrogens is 942 g/mol. The molecule has 0 saturated heterocycles. The van der Waals surface area contributed by atoms with E-state index in [1.54, 1.807) is 0 Å². The maximum atomic E-state index is 12.1. The number of diazo groups is 3. The van der Waals surface area contributed by atoms with Crippen LogP contribution in [0.15, 0.2) is 87.5 Å². The Kier molecular flexibility index (Phi) is 15.4. The molecule has 0 saturated carbocycles. The van der Waals surface area contributed by atoms with E-state index >= 15 is 0 Å². The first-order valence-electron chi connectivity index (χ1n) is 12.3. The molecule has 0 aliphatic rings. The third kappa shape index (κ3) is 33.2. The minimum atomic E-state index is -9.59. The second kappa shape index (κ2) is 15.6. The highest BCUT2D eigenvalue weighted by atomic mass is 32.5. The Labute approximate surface area is 298 Å². The molecular formula is C18H12B3F27N6S3. The van der Waals surface area contributed by atoms with E-state index in [2.05, 4.69) is 14.9 Å². The van der Waals surface area contributed by atoms with Gasteiger partial charge in [0.25, 0.3) is 0 Å². The Bertz CT molecular complexity index is 1670. The third-order valence-corrected chi connectivity index (χ3v) is 7.68. The van der Waals surface area contributed by atoms with E-state index < -0.39 is 67.1 Å². The summed E-state index contributed by atoms with van der Waals surface area (Å²) in [5, 5.41) is 24.4. The first-order valence-corrected chi connectivity index (χ1v) is 18.1. The Morgan fingerprint density at radius 2 is 0.386 bits per heavy atom. The zero-order valence-corrected chi connectivity index (χ0v) is 28.2. The van der Waals surface area contributed by atoms with Crippen LogP contribution in [-0.4, -0.2) is 21.8 Å². The van der Waals surface area contributed by atoms with E-state index in [9.17, 15) is 110 Å². The van der Waals surface area contributed by atoms with Crippen molar-refractivity contribution in [3.05, 3.63) is 87.7 Å². The molecule has 0 radical (unpaired) electrons. The summed E-state index contributed by atoms with van der Waals surface area (Å²) in [5.74, 6) is 0. The van der Waals surface area contributed by atoms with Gasteiger partial charge in [0.05, 0.1) is 0 Å². The van der Waals surface area contributed by atoms with Crippen molar-refractivity contribution in [2.24, 2.45) is 0 Å². The Morgan fingerprint density at radius 1 is 0.281 bits per heavy atom. The van der Waals surface area contributed by atoms with Crippen LogP contribution in [0.25, 0.3) is 14.9 Å². The molecule has 3 aromatic rings. The number of hydrogen-bond donors (Lipinski definition) is 0. The lowest BCUT2D eigenvalue weighted by Gasteiger charge is -2.40. The third-order valence-electron chi connectivity index (χ3n) is 4.19. The maximum Gasteiger partial charge on any atom is 0.673 e. The largest absolute Gasteiger partial charge is 0.673 e. The number of benzene rings is 3. The van der Waals surface area contributed by atoms with Crippen LogP contribution in [0.3, 0.4) is 0 Å². The molecule has 3 rings (SSSR count). The molecule has 0 aromatic heterocycles. The predicted octanol–water partition coefficient (Wildman–Crippen LogP) is 18.4. The van der Waals surface area contributed by atoms with Crippen molar-refractivity contribution in [1.29, 1.82) is 16.2 Å². The average molecular weight is 954 g/mol. The summed E-state index contributed by atoms with van der Waals surface area (Å²) in [4.78, 5) is 1.61. The zero-order chi connectivity index (χ0) is 46.8. The van der Waals surface area contributed by atoms with Crippen LogP contribution >= 0.6 is 30.7 Å². The molecule has 0 heterocycles. The fourth-order valence-corrected chi connectivity index (χ4v) is 4.26. The van der Waals surface area contributed by atoms with Gasteiger partial charge in [-0.05, 0) is 36.4 Å². The predicted molar refractivity (Wildman–Crippen MR) is 158 cm³/mol. The minimum Gasteiger partial charge on any atom is -0.418 e. The standard InChI is InChI=1S/3C6H4F5N2S.3BF4/c3*7-14(8,9,10,11)6-3-1-5(13-12)2-4-6;3*2-1(3,4)5/h3*1-4H;;;/q3*+1;3*-1. The van der Waals surface area contributed by atoms with E-state index in [-0.39, 0.29) is 53.5 Å². The Morgan fingerprint density at radius 3 is 0.456 bits per heavy atom. The summed E-state index contributed by atoms with van der Waals surface area (Å²) in [6.07, 6.45) is 0. The van der Waals surface area contributed by atoms with E-state index in [0.29, 0.717) is 36.4 Å². The van der Waals surface area contributed by atoms with Crippen LogP contribution in [0.5, 0.6) is 0 Å². The van der Waals surface area contributed by atoms with Gasteiger partial charge in [-0.1, -0.05) is 58.3 Å². The lowest BCUT2D eigenvalue weighted by atomic mass is 10.3. The van der Waals surface area contributed by atoms with E-state index in [1.165, 1.54) is 0 Å². The van der Waals surface area contributed by atoms with E-state index in [0.717, 1.165) is 0 Å². The quantitative estimate of drug-likeness (QED) is 0.149. The fourth-order valence-electron chi connectivity index (χ4n) is 2.31. The maximum absolute atomic E-state index is 12.1. The molecule has 0 N–H and O–H groups in total. The SMILES string of the molecule is F[B-](F)(F)F.F[B-](F)(F)F.F[B-](F)(F)F.N#[N+]c1ccc(S(F)(F)(F)(F)F)cc1.N#[N+]c1ccc(S(F)(F)(F)(F)F)cc1.N#[N+]c1ccc(S(F)(F)(F)(F)F)cc1. The second-order valence-corrected chi connectivity index (χ2v) is 16.4. The normalized spacial score (nSPS) is 15.4. The van der Waals surface area contributed by atoms with Crippen molar-refractivity contribution in [3.8, 4) is 0 Å². The fraction of sp³-hybridized carbons (Fsp3) is 0. The number of nitrogens with zero attached hydrogens (tertiary/aromatic N) is 6. The second-order valence-electron chi connectivity index (χ2n) is 9.17. The van der Waals surface area contributed by atoms with E-state index in [1.807, 2.05) is 0 Å². The van der Waals surface area contributed by atoms with Crippen molar-refractivity contribution < 1.29 is 110 Å². The molecule has 0 amide bonds. The van der Waals surface area contributed by atoms with Gasteiger partial charge in [-0.15, -0.1) is 0 Å². The van der Waals surface area contributed by atoms with Gasteiger partial charge in [0.15, 0.2) is 14.9 Å². The van der Waals surface area contributed by atoms with Crippen molar-refractivity contribution >= 4 is 69.5 Å². The lowest BCUT2D eigenvalue weighted by molar-refractivity contribution is 0.360. The van der Waals surface area contributed by atoms with Gasteiger partial charge in [0.1, 0.15) is 14.7 Å². The highest BCUT2D eigenvalue weighted by Crippen LogP contribution is 3.03. The van der Waals surface area contributed by atoms with Crippen LogP contribution in [0.2, 0.25) is 0 Å². The minimum absolute atomic E-state index is 0.177. The van der Waals surface area contributed by atoms with Crippen LogP contribution in [0, 0.1) is 16.2 Å². The number of halogens is 27.